The van der Waals surface area contributed by atoms with Gasteiger partial charge in [-0.25, -0.2) is 4.98 Å². The molecule has 0 amide bonds. The highest BCUT2D eigenvalue weighted by Gasteiger charge is 2.14. The van der Waals surface area contributed by atoms with E-state index in [1.165, 1.54) is 25.9 Å². The van der Waals surface area contributed by atoms with Gasteiger partial charge in [0.1, 0.15) is 0 Å². The zero-order valence-electron chi connectivity index (χ0n) is 15.4. The minimum absolute atomic E-state index is 0.259. The summed E-state index contributed by atoms with van der Waals surface area (Å²) >= 11 is 0. The molecule has 7 heteroatoms. The third-order valence-corrected chi connectivity index (χ3v) is 4.99. The minimum Gasteiger partial charge on any atom is -0.493 e. The summed E-state index contributed by atoms with van der Waals surface area (Å²) in [6.07, 6.45) is 5.29. The molecule has 0 atom stereocenters. The number of benzene rings is 1. The number of hydrogen-bond acceptors (Lipinski definition) is 6. The van der Waals surface area contributed by atoms with E-state index in [2.05, 4.69) is 14.9 Å². The summed E-state index contributed by atoms with van der Waals surface area (Å²) in [5.41, 5.74) is 1.76. The van der Waals surface area contributed by atoms with Gasteiger partial charge in [-0.1, -0.05) is 0 Å². The molecule has 0 saturated carbocycles. The van der Waals surface area contributed by atoms with Crippen molar-refractivity contribution in [2.75, 3.05) is 33.4 Å². The Kier molecular flexibility index (Phi) is 5.11. The number of aromatic nitrogens is 2. The van der Waals surface area contributed by atoms with E-state index in [-0.39, 0.29) is 5.88 Å². The van der Waals surface area contributed by atoms with Gasteiger partial charge in [-0.15, -0.1) is 0 Å². The molecule has 0 aliphatic carbocycles. The molecule has 1 aliphatic heterocycles. The molecular formula is C20H23N3O4. The number of hydrogen-bond donors (Lipinski definition) is 1. The fourth-order valence-corrected chi connectivity index (χ4v) is 3.65. The van der Waals surface area contributed by atoms with E-state index in [0.717, 1.165) is 40.5 Å². The standard InChI is InChI=1S/C20H23N3O4/c1-25-18-9-14-15-12-21-20(27-13-24)11-17(15)22-16(14)10-19(18)26-8-4-7-23-5-2-3-6-23/h9-13,22H,2-8H2,1H3. The van der Waals surface area contributed by atoms with Crippen molar-refractivity contribution >= 4 is 28.3 Å². The van der Waals surface area contributed by atoms with Crippen LogP contribution in [0.3, 0.4) is 0 Å². The Morgan fingerprint density at radius 2 is 1.96 bits per heavy atom. The first kappa shape index (κ1) is 17.6. The van der Waals surface area contributed by atoms with Crippen LogP contribution in [0.15, 0.2) is 24.4 Å². The van der Waals surface area contributed by atoms with Crippen molar-refractivity contribution in [1.29, 1.82) is 0 Å². The lowest BCUT2D eigenvalue weighted by Crippen LogP contribution is -2.21. The van der Waals surface area contributed by atoms with Crippen LogP contribution < -0.4 is 14.2 Å². The van der Waals surface area contributed by atoms with Crippen LogP contribution in [-0.4, -0.2) is 54.7 Å². The van der Waals surface area contributed by atoms with Gasteiger partial charge in [0, 0.05) is 35.6 Å². The van der Waals surface area contributed by atoms with Gasteiger partial charge >= 0.3 is 0 Å². The van der Waals surface area contributed by atoms with E-state index < -0.39 is 0 Å². The van der Waals surface area contributed by atoms with E-state index in [0.29, 0.717) is 18.8 Å². The van der Waals surface area contributed by atoms with E-state index >= 15 is 0 Å². The highest BCUT2D eigenvalue weighted by atomic mass is 16.5. The molecule has 1 N–H and O–H groups in total. The maximum Gasteiger partial charge on any atom is 0.299 e. The molecule has 1 aliphatic rings. The Labute approximate surface area is 157 Å². The number of aromatic amines is 1. The second-order valence-electron chi connectivity index (χ2n) is 6.71. The number of pyridine rings is 1. The molecule has 0 radical (unpaired) electrons. The smallest absolute Gasteiger partial charge is 0.299 e. The monoisotopic (exact) mass is 369 g/mol. The first-order valence-corrected chi connectivity index (χ1v) is 9.23. The van der Waals surface area contributed by atoms with Crippen molar-refractivity contribution in [3.05, 3.63) is 24.4 Å². The fourth-order valence-electron chi connectivity index (χ4n) is 3.65. The lowest BCUT2D eigenvalue weighted by molar-refractivity contribution is -0.120. The first-order chi connectivity index (χ1) is 13.3. The molecule has 0 unspecified atom stereocenters. The molecule has 3 aromatic rings. The maximum absolute atomic E-state index is 10.5. The van der Waals surface area contributed by atoms with Crippen molar-refractivity contribution in [2.24, 2.45) is 0 Å². The number of likely N-dealkylation sites (tertiary alicyclic amines) is 1. The maximum atomic E-state index is 10.5. The molecule has 7 nitrogen and oxygen atoms in total. The van der Waals surface area contributed by atoms with E-state index in [1.54, 1.807) is 19.4 Å². The molecule has 1 saturated heterocycles. The Balaban J connectivity index is 1.54. The van der Waals surface area contributed by atoms with Crippen molar-refractivity contribution in [2.45, 2.75) is 19.3 Å². The van der Waals surface area contributed by atoms with Crippen LogP contribution >= 0.6 is 0 Å². The Bertz CT molecular complexity index is 947. The van der Waals surface area contributed by atoms with Gasteiger partial charge in [-0.3, -0.25) is 4.79 Å². The van der Waals surface area contributed by atoms with Crippen LogP contribution in [-0.2, 0) is 4.79 Å². The Morgan fingerprint density at radius 1 is 1.15 bits per heavy atom. The zero-order chi connectivity index (χ0) is 18.6. The first-order valence-electron chi connectivity index (χ1n) is 9.23. The van der Waals surface area contributed by atoms with Gasteiger partial charge in [-0.05, 0) is 38.4 Å². The van der Waals surface area contributed by atoms with E-state index in [4.69, 9.17) is 14.2 Å². The number of nitrogens with one attached hydrogen (secondary N) is 1. The quantitative estimate of drug-likeness (QED) is 0.486. The van der Waals surface area contributed by atoms with E-state index in [9.17, 15) is 4.79 Å². The van der Waals surface area contributed by atoms with Gasteiger partial charge in [0.2, 0.25) is 5.88 Å². The molecule has 142 valence electrons. The van der Waals surface area contributed by atoms with Gasteiger partial charge in [0.15, 0.2) is 11.5 Å². The van der Waals surface area contributed by atoms with Gasteiger partial charge in [0.25, 0.3) is 6.47 Å². The summed E-state index contributed by atoms with van der Waals surface area (Å²) in [5, 5.41) is 1.92. The van der Waals surface area contributed by atoms with Gasteiger partial charge in [0.05, 0.1) is 24.8 Å². The number of nitrogens with zero attached hydrogens (tertiary/aromatic N) is 2. The minimum atomic E-state index is 0.259. The van der Waals surface area contributed by atoms with Crippen LogP contribution in [0, 0.1) is 0 Å². The number of methoxy groups -OCH3 is 1. The Morgan fingerprint density at radius 3 is 2.74 bits per heavy atom. The summed E-state index contributed by atoms with van der Waals surface area (Å²) < 4.78 is 16.3. The molecule has 0 spiro atoms. The molecule has 1 aromatic carbocycles. The van der Waals surface area contributed by atoms with Crippen molar-refractivity contribution in [3.63, 3.8) is 0 Å². The normalized spacial score (nSPS) is 14.7. The molecule has 27 heavy (non-hydrogen) atoms. The molecule has 2 aromatic heterocycles. The number of fused-ring (bicyclic) bond motifs is 3. The fraction of sp³-hybridized carbons (Fsp3) is 0.400. The lowest BCUT2D eigenvalue weighted by atomic mass is 10.2. The van der Waals surface area contributed by atoms with Crippen LogP contribution in [0.4, 0.5) is 0 Å². The highest BCUT2D eigenvalue weighted by molar-refractivity contribution is 6.08. The summed E-state index contributed by atoms with van der Waals surface area (Å²) in [5.74, 6) is 1.67. The lowest BCUT2D eigenvalue weighted by Gasteiger charge is -2.15. The summed E-state index contributed by atoms with van der Waals surface area (Å²) in [6, 6.07) is 5.60. The predicted octanol–water partition coefficient (Wildman–Crippen LogP) is 3.12. The number of H-pyrrole nitrogens is 1. The van der Waals surface area contributed by atoms with E-state index in [1.807, 2.05) is 12.1 Å². The van der Waals surface area contributed by atoms with Crippen LogP contribution in [0.2, 0.25) is 0 Å². The highest BCUT2D eigenvalue weighted by Crippen LogP contribution is 2.36. The summed E-state index contributed by atoms with van der Waals surface area (Å²) in [7, 11) is 1.64. The third-order valence-electron chi connectivity index (χ3n) is 4.99. The molecule has 4 rings (SSSR count). The van der Waals surface area contributed by atoms with Crippen LogP contribution in [0.1, 0.15) is 19.3 Å². The second kappa shape index (κ2) is 7.84. The number of carbonyl (C=O) groups excluding carboxylic acids is 1. The van der Waals surface area contributed by atoms with Crippen molar-refractivity contribution in [1.82, 2.24) is 14.9 Å². The van der Waals surface area contributed by atoms with Crippen LogP contribution in [0.25, 0.3) is 21.8 Å². The average molecular weight is 369 g/mol. The second-order valence-corrected chi connectivity index (χ2v) is 6.71. The number of carbonyl (C=O) groups is 1. The molecular weight excluding hydrogens is 346 g/mol. The third kappa shape index (κ3) is 3.68. The van der Waals surface area contributed by atoms with Crippen molar-refractivity contribution in [3.8, 4) is 17.4 Å². The topological polar surface area (TPSA) is 76.7 Å². The largest absolute Gasteiger partial charge is 0.493 e. The average Bonchev–Trinajstić information content (AvgIpc) is 3.31. The van der Waals surface area contributed by atoms with Gasteiger partial charge < -0.3 is 24.1 Å². The summed E-state index contributed by atoms with van der Waals surface area (Å²) in [4.78, 5) is 20.5. The SMILES string of the molecule is COc1cc2c(cc1OCCCN1CCCC1)[nH]c1cc(OC=O)ncc12. The Hall–Kier alpha value is -2.80. The van der Waals surface area contributed by atoms with Crippen LogP contribution in [0.5, 0.6) is 17.4 Å². The van der Waals surface area contributed by atoms with Gasteiger partial charge in [-0.2, -0.15) is 0 Å². The van der Waals surface area contributed by atoms with Crippen molar-refractivity contribution < 1.29 is 19.0 Å². The number of ether oxygens (including phenoxy) is 3. The zero-order valence-corrected chi connectivity index (χ0v) is 15.4. The molecule has 3 heterocycles. The summed E-state index contributed by atoms with van der Waals surface area (Å²) in [6.45, 7) is 4.50. The molecule has 1 fully saturated rings. The predicted molar refractivity (Wildman–Crippen MR) is 103 cm³/mol. The number of rotatable bonds is 8. The molecule has 0 bridgehead atoms.